The first-order valence-electron chi connectivity index (χ1n) is 9.09. The second-order valence-electron chi connectivity index (χ2n) is 6.59. The summed E-state index contributed by atoms with van der Waals surface area (Å²) >= 11 is 0. The van der Waals surface area contributed by atoms with E-state index in [1.165, 1.54) is 0 Å². The smallest absolute Gasteiger partial charge is 0.251 e. The number of morpholine rings is 1. The summed E-state index contributed by atoms with van der Waals surface area (Å²) in [5, 5.41) is 3.10. The highest BCUT2D eigenvalue weighted by atomic mass is 16.5. The van der Waals surface area contributed by atoms with Gasteiger partial charge in [0.15, 0.2) is 0 Å². The number of nitrogens with zero attached hydrogens (tertiary/aromatic N) is 1. The fourth-order valence-electron chi connectivity index (χ4n) is 3.01. The first kappa shape index (κ1) is 18.4. The fraction of sp³-hybridized carbons (Fsp3) is 0.381. The molecule has 138 valence electrons. The van der Waals surface area contributed by atoms with Gasteiger partial charge in [0.2, 0.25) is 0 Å². The number of amides is 1. The van der Waals surface area contributed by atoms with Crippen molar-refractivity contribution in [3.05, 3.63) is 60.2 Å². The molecule has 2 aromatic carbocycles. The number of carbonyl (C=O) groups is 1. The van der Waals surface area contributed by atoms with Gasteiger partial charge in [-0.2, -0.15) is 0 Å². The topological polar surface area (TPSA) is 50.8 Å². The molecule has 1 fully saturated rings. The minimum atomic E-state index is -0.0659. The van der Waals surface area contributed by atoms with Gasteiger partial charge in [-0.05, 0) is 50.2 Å². The van der Waals surface area contributed by atoms with Gasteiger partial charge in [0.25, 0.3) is 5.91 Å². The van der Waals surface area contributed by atoms with Crippen LogP contribution in [0.3, 0.4) is 0 Å². The highest BCUT2D eigenvalue weighted by molar-refractivity contribution is 5.94. The van der Waals surface area contributed by atoms with Gasteiger partial charge in [0, 0.05) is 30.7 Å². The van der Waals surface area contributed by atoms with Crippen molar-refractivity contribution in [3.8, 4) is 11.5 Å². The van der Waals surface area contributed by atoms with Gasteiger partial charge < -0.3 is 14.8 Å². The van der Waals surface area contributed by atoms with Crippen molar-refractivity contribution >= 4 is 5.91 Å². The lowest BCUT2D eigenvalue weighted by molar-refractivity contribution is 0.0137. The summed E-state index contributed by atoms with van der Waals surface area (Å²) < 4.78 is 11.2. The fourth-order valence-corrected chi connectivity index (χ4v) is 3.01. The standard InChI is InChI=1S/C21H26N2O3/c1-16(17(2)23-12-14-25-15-13-23)22-21(24)18-8-10-20(11-9-18)26-19-6-4-3-5-7-19/h3-11,16-17H,12-15H2,1-2H3,(H,22,24). The summed E-state index contributed by atoms with van der Waals surface area (Å²) in [7, 11) is 0. The van der Waals surface area contributed by atoms with Gasteiger partial charge in [-0.1, -0.05) is 18.2 Å². The van der Waals surface area contributed by atoms with Crippen LogP contribution in [0.5, 0.6) is 11.5 Å². The van der Waals surface area contributed by atoms with E-state index < -0.39 is 0 Å². The lowest BCUT2D eigenvalue weighted by atomic mass is 10.1. The summed E-state index contributed by atoms with van der Waals surface area (Å²) in [6.07, 6.45) is 0. The molecule has 2 unspecified atom stereocenters. The number of carbonyl (C=O) groups excluding carboxylic acids is 1. The molecular formula is C21H26N2O3. The van der Waals surface area contributed by atoms with Gasteiger partial charge >= 0.3 is 0 Å². The first-order valence-corrected chi connectivity index (χ1v) is 9.09. The molecule has 1 N–H and O–H groups in total. The highest BCUT2D eigenvalue weighted by Gasteiger charge is 2.23. The Morgan fingerprint density at radius 3 is 2.27 bits per heavy atom. The SMILES string of the molecule is CC(NC(=O)c1ccc(Oc2ccccc2)cc1)C(C)N1CCOCC1. The molecule has 1 aliphatic heterocycles. The first-order chi connectivity index (χ1) is 12.6. The third kappa shape index (κ3) is 4.84. The van der Waals surface area contributed by atoms with E-state index in [1.807, 2.05) is 49.4 Å². The number of rotatable bonds is 6. The Bertz CT molecular complexity index is 697. The maximum Gasteiger partial charge on any atom is 0.251 e. The van der Waals surface area contributed by atoms with Crippen LogP contribution in [-0.2, 0) is 4.74 Å². The second-order valence-corrected chi connectivity index (χ2v) is 6.59. The van der Waals surface area contributed by atoms with E-state index in [2.05, 4.69) is 17.1 Å². The van der Waals surface area contributed by atoms with Gasteiger partial charge in [0.05, 0.1) is 13.2 Å². The van der Waals surface area contributed by atoms with E-state index >= 15 is 0 Å². The molecule has 1 heterocycles. The number of ether oxygens (including phenoxy) is 2. The average Bonchev–Trinajstić information content (AvgIpc) is 2.69. The molecule has 2 aromatic rings. The number of para-hydroxylation sites is 1. The van der Waals surface area contributed by atoms with Crippen molar-refractivity contribution in [2.75, 3.05) is 26.3 Å². The lowest BCUT2D eigenvalue weighted by Gasteiger charge is -2.35. The monoisotopic (exact) mass is 354 g/mol. The zero-order valence-corrected chi connectivity index (χ0v) is 15.4. The van der Waals surface area contributed by atoms with Crippen LogP contribution in [0.15, 0.2) is 54.6 Å². The maximum absolute atomic E-state index is 12.5. The van der Waals surface area contributed by atoms with Gasteiger partial charge in [-0.15, -0.1) is 0 Å². The Morgan fingerprint density at radius 2 is 1.62 bits per heavy atom. The zero-order valence-electron chi connectivity index (χ0n) is 15.4. The quantitative estimate of drug-likeness (QED) is 0.865. The predicted molar refractivity (Wildman–Crippen MR) is 102 cm³/mol. The summed E-state index contributed by atoms with van der Waals surface area (Å²) in [5.41, 5.74) is 0.631. The van der Waals surface area contributed by atoms with Crippen LogP contribution in [0.25, 0.3) is 0 Å². The number of nitrogens with one attached hydrogen (secondary N) is 1. The van der Waals surface area contributed by atoms with Crippen LogP contribution in [0.4, 0.5) is 0 Å². The van der Waals surface area contributed by atoms with Crippen LogP contribution >= 0.6 is 0 Å². The largest absolute Gasteiger partial charge is 0.457 e. The zero-order chi connectivity index (χ0) is 18.4. The Hall–Kier alpha value is -2.37. The normalized spacial score (nSPS) is 17.3. The maximum atomic E-state index is 12.5. The molecule has 1 aliphatic rings. The van der Waals surface area contributed by atoms with E-state index in [9.17, 15) is 4.79 Å². The van der Waals surface area contributed by atoms with Crippen molar-refractivity contribution in [1.82, 2.24) is 10.2 Å². The molecule has 26 heavy (non-hydrogen) atoms. The van der Waals surface area contributed by atoms with Crippen molar-refractivity contribution in [3.63, 3.8) is 0 Å². The Labute approximate surface area is 154 Å². The van der Waals surface area contributed by atoms with Gasteiger partial charge in [-0.25, -0.2) is 0 Å². The molecule has 0 spiro atoms. The van der Waals surface area contributed by atoms with Crippen LogP contribution in [0, 0.1) is 0 Å². The van der Waals surface area contributed by atoms with E-state index in [4.69, 9.17) is 9.47 Å². The summed E-state index contributed by atoms with van der Waals surface area (Å²) in [4.78, 5) is 14.9. The summed E-state index contributed by atoms with van der Waals surface area (Å²) in [6.45, 7) is 7.53. The molecular weight excluding hydrogens is 328 g/mol. The third-order valence-electron chi connectivity index (χ3n) is 4.80. The van der Waals surface area contributed by atoms with E-state index in [1.54, 1.807) is 12.1 Å². The molecule has 5 heteroatoms. The van der Waals surface area contributed by atoms with Crippen LogP contribution in [0.2, 0.25) is 0 Å². The average molecular weight is 354 g/mol. The molecule has 3 rings (SSSR count). The molecule has 1 saturated heterocycles. The summed E-state index contributed by atoms with van der Waals surface area (Å²) in [6, 6.07) is 17.1. The van der Waals surface area contributed by atoms with Crippen LogP contribution in [-0.4, -0.2) is 49.2 Å². The minimum absolute atomic E-state index is 0.0563. The molecule has 0 aliphatic carbocycles. The van der Waals surface area contributed by atoms with Gasteiger partial charge in [0.1, 0.15) is 11.5 Å². The molecule has 5 nitrogen and oxygen atoms in total. The minimum Gasteiger partial charge on any atom is -0.457 e. The number of benzene rings is 2. The summed E-state index contributed by atoms with van der Waals surface area (Å²) in [5.74, 6) is 1.42. The predicted octanol–water partition coefficient (Wildman–Crippen LogP) is 3.32. The van der Waals surface area contributed by atoms with Crippen LogP contribution < -0.4 is 10.1 Å². The Balaban J connectivity index is 1.55. The molecule has 2 atom stereocenters. The van der Waals surface area contributed by atoms with Crippen molar-refractivity contribution < 1.29 is 14.3 Å². The number of hydrogen-bond acceptors (Lipinski definition) is 4. The van der Waals surface area contributed by atoms with Crippen molar-refractivity contribution in [2.24, 2.45) is 0 Å². The van der Waals surface area contributed by atoms with E-state index in [0.29, 0.717) is 11.3 Å². The van der Waals surface area contributed by atoms with E-state index in [0.717, 1.165) is 32.1 Å². The Morgan fingerprint density at radius 1 is 1.00 bits per heavy atom. The van der Waals surface area contributed by atoms with Crippen molar-refractivity contribution in [2.45, 2.75) is 25.9 Å². The lowest BCUT2D eigenvalue weighted by Crippen LogP contribution is -2.52. The molecule has 0 bridgehead atoms. The molecule has 0 aromatic heterocycles. The van der Waals surface area contributed by atoms with Crippen molar-refractivity contribution in [1.29, 1.82) is 0 Å². The van der Waals surface area contributed by atoms with Crippen LogP contribution in [0.1, 0.15) is 24.2 Å². The van der Waals surface area contributed by atoms with Gasteiger partial charge in [-0.3, -0.25) is 9.69 Å². The van der Waals surface area contributed by atoms with E-state index in [-0.39, 0.29) is 18.0 Å². The third-order valence-corrected chi connectivity index (χ3v) is 4.80. The second kappa shape index (κ2) is 8.83. The Kier molecular flexibility index (Phi) is 6.26. The molecule has 1 amide bonds. The molecule has 0 saturated carbocycles. The number of hydrogen-bond donors (Lipinski definition) is 1. The molecule has 0 radical (unpaired) electrons. The highest BCUT2D eigenvalue weighted by Crippen LogP contribution is 2.21.